The minimum absolute atomic E-state index is 0.0171. The predicted molar refractivity (Wildman–Crippen MR) is 106 cm³/mol. The number of Topliss-reactive ketones (excluding diaryl/α,β-unsaturated/α-hetero) is 1. The number of likely N-dealkylation sites (tertiary alicyclic amines) is 2. The SMILES string of the molecule is C[C@H]1CC[C@@H](C(=O)N2CCC[C@H]2C(=O)CO)N1C(=O)CCCc1ccccc1. The first-order chi connectivity index (χ1) is 13.5. The molecule has 2 aliphatic rings. The monoisotopic (exact) mass is 386 g/mol. The molecular weight excluding hydrogens is 356 g/mol. The molecule has 6 heteroatoms. The van der Waals surface area contributed by atoms with Gasteiger partial charge in [0.25, 0.3) is 0 Å². The quantitative estimate of drug-likeness (QED) is 0.777. The molecule has 2 aliphatic heterocycles. The molecular formula is C22H30N2O4. The summed E-state index contributed by atoms with van der Waals surface area (Å²) >= 11 is 0. The summed E-state index contributed by atoms with van der Waals surface area (Å²) < 4.78 is 0. The molecule has 0 aromatic heterocycles. The fourth-order valence-corrected chi connectivity index (χ4v) is 4.53. The highest BCUT2D eigenvalue weighted by atomic mass is 16.3. The fraction of sp³-hybridized carbons (Fsp3) is 0.591. The Morgan fingerprint density at radius 2 is 1.82 bits per heavy atom. The van der Waals surface area contributed by atoms with Gasteiger partial charge in [-0.3, -0.25) is 14.4 Å². The lowest BCUT2D eigenvalue weighted by Gasteiger charge is -2.32. The third kappa shape index (κ3) is 4.43. The van der Waals surface area contributed by atoms with Crippen LogP contribution in [0.3, 0.4) is 0 Å². The topological polar surface area (TPSA) is 77.9 Å². The highest BCUT2D eigenvalue weighted by molar-refractivity contribution is 5.94. The van der Waals surface area contributed by atoms with Crippen LogP contribution in [-0.4, -0.2) is 63.8 Å². The highest BCUT2D eigenvalue weighted by Crippen LogP contribution is 2.29. The van der Waals surface area contributed by atoms with E-state index in [2.05, 4.69) is 12.1 Å². The van der Waals surface area contributed by atoms with Crippen LogP contribution in [0, 0.1) is 0 Å². The second-order valence-electron chi connectivity index (χ2n) is 7.90. The second-order valence-corrected chi connectivity index (χ2v) is 7.90. The molecule has 0 aliphatic carbocycles. The van der Waals surface area contributed by atoms with E-state index in [0.717, 1.165) is 25.7 Å². The number of amides is 2. The van der Waals surface area contributed by atoms with Crippen molar-refractivity contribution in [1.29, 1.82) is 0 Å². The van der Waals surface area contributed by atoms with Crippen molar-refractivity contribution in [2.45, 2.75) is 70.0 Å². The van der Waals surface area contributed by atoms with Crippen LogP contribution >= 0.6 is 0 Å². The number of rotatable bonds is 7. The first-order valence-electron chi connectivity index (χ1n) is 10.3. The number of benzene rings is 1. The average Bonchev–Trinajstić information content (AvgIpc) is 3.34. The molecule has 0 spiro atoms. The molecule has 6 nitrogen and oxygen atoms in total. The Morgan fingerprint density at radius 1 is 1.07 bits per heavy atom. The van der Waals surface area contributed by atoms with Crippen LogP contribution in [0.5, 0.6) is 0 Å². The van der Waals surface area contributed by atoms with E-state index >= 15 is 0 Å². The Bertz CT molecular complexity index is 706. The van der Waals surface area contributed by atoms with Gasteiger partial charge in [-0.25, -0.2) is 0 Å². The molecule has 2 heterocycles. The van der Waals surface area contributed by atoms with Crippen molar-refractivity contribution >= 4 is 17.6 Å². The van der Waals surface area contributed by atoms with E-state index in [1.807, 2.05) is 25.1 Å². The summed E-state index contributed by atoms with van der Waals surface area (Å²) in [5.41, 5.74) is 1.21. The Hall–Kier alpha value is -2.21. The van der Waals surface area contributed by atoms with Gasteiger partial charge in [0.15, 0.2) is 5.78 Å². The lowest BCUT2D eigenvalue weighted by Crippen LogP contribution is -2.52. The lowest BCUT2D eigenvalue weighted by molar-refractivity contribution is -0.147. The van der Waals surface area contributed by atoms with Crippen LogP contribution < -0.4 is 0 Å². The van der Waals surface area contributed by atoms with Crippen molar-refractivity contribution < 1.29 is 19.5 Å². The first kappa shape index (κ1) is 20.5. The molecule has 0 bridgehead atoms. The summed E-state index contributed by atoms with van der Waals surface area (Å²) in [5, 5.41) is 9.18. The van der Waals surface area contributed by atoms with Gasteiger partial charge in [0, 0.05) is 19.0 Å². The maximum Gasteiger partial charge on any atom is 0.246 e. The zero-order valence-corrected chi connectivity index (χ0v) is 16.5. The van der Waals surface area contributed by atoms with Gasteiger partial charge in [-0.2, -0.15) is 0 Å². The molecule has 2 saturated heterocycles. The summed E-state index contributed by atoms with van der Waals surface area (Å²) in [6.07, 6.45) is 4.80. The first-order valence-corrected chi connectivity index (χ1v) is 10.3. The molecule has 3 rings (SSSR count). The maximum absolute atomic E-state index is 13.1. The Labute approximate surface area is 166 Å². The number of hydrogen-bond acceptors (Lipinski definition) is 4. The smallest absolute Gasteiger partial charge is 0.246 e. The van der Waals surface area contributed by atoms with Gasteiger partial charge in [-0.15, -0.1) is 0 Å². The van der Waals surface area contributed by atoms with Crippen LogP contribution in [0.4, 0.5) is 0 Å². The number of carbonyl (C=O) groups is 3. The number of nitrogens with zero attached hydrogens (tertiary/aromatic N) is 2. The fourth-order valence-electron chi connectivity index (χ4n) is 4.53. The summed E-state index contributed by atoms with van der Waals surface area (Å²) in [6, 6.07) is 9.09. The van der Waals surface area contributed by atoms with Gasteiger partial charge < -0.3 is 14.9 Å². The predicted octanol–water partition coefficient (Wildman–Crippen LogP) is 1.94. The zero-order chi connectivity index (χ0) is 20.1. The van der Waals surface area contributed by atoms with Crippen molar-refractivity contribution in [3.63, 3.8) is 0 Å². The van der Waals surface area contributed by atoms with E-state index in [1.165, 1.54) is 5.56 Å². The minimum atomic E-state index is -0.544. The van der Waals surface area contributed by atoms with E-state index in [4.69, 9.17) is 0 Å². The van der Waals surface area contributed by atoms with Gasteiger partial charge in [-0.1, -0.05) is 30.3 Å². The summed E-state index contributed by atoms with van der Waals surface area (Å²) in [6.45, 7) is 1.97. The van der Waals surface area contributed by atoms with Crippen molar-refractivity contribution in [2.75, 3.05) is 13.2 Å². The zero-order valence-electron chi connectivity index (χ0n) is 16.5. The summed E-state index contributed by atoms with van der Waals surface area (Å²) in [4.78, 5) is 41.3. The maximum atomic E-state index is 13.1. The Morgan fingerprint density at radius 3 is 2.54 bits per heavy atom. The Kier molecular flexibility index (Phi) is 6.83. The van der Waals surface area contributed by atoms with Crippen LogP contribution in [0.1, 0.15) is 51.0 Å². The van der Waals surface area contributed by atoms with Crippen LogP contribution in [-0.2, 0) is 20.8 Å². The number of carbonyl (C=O) groups excluding carboxylic acids is 3. The molecule has 1 N–H and O–H groups in total. The minimum Gasteiger partial charge on any atom is -0.389 e. The van der Waals surface area contributed by atoms with Gasteiger partial charge in [0.1, 0.15) is 12.6 Å². The van der Waals surface area contributed by atoms with Crippen molar-refractivity contribution in [2.24, 2.45) is 0 Å². The van der Waals surface area contributed by atoms with Crippen molar-refractivity contribution in [3.05, 3.63) is 35.9 Å². The molecule has 2 amide bonds. The number of aryl methyl sites for hydroxylation is 1. The molecule has 1 aromatic rings. The largest absolute Gasteiger partial charge is 0.389 e. The standard InChI is InChI=1S/C22H30N2O4/c1-16-12-13-19(22(28)23-14-6-10-18(23)20(26)15-25)24(16)21(27)11-5-9-17-7-3-2-4-8-17/h2-4,7-8,16,18-19,25H,5-6,9-15H2,1H3/t16-,18-,19-/m0/s1. The normalized spacial score (nSPS) is 24.6. The third-order valence-corrected chi connectivity index (χ3v) is 6.00. The van der Waals surface area contributed by atoms with E-state index in [1.54, 1.807) is 9.80 Å². The second kappa shape index (κ2) is 9.32. The number of hydrogen-bond donors (Lipinski definition) is 1. The van der Waals surface area contributed by atoms with Crippen molar-refractivity contribution in [1.82, 2.24) is 9.80 Å². The number of aliphatic hydroxyl groups excluding tert-OH is 1. The average molecular weight is 386 g/mol. The molecule has 152 valence electrons. The molecule has 28 heavy (non-hydrogen) atoms. The molecule has 2 fully saturated rings. The van der Waals surface area contributed by atoms with E-state index in [0.29, 0.717) is 25.8 Å². The molecule has 0 saturated carbocycles. The molecule has 0 radical (unpaired) electrons. The third-order valence-electron chi connectivity index (χ3n) is 6.00. The molecule has 1 aromatic carbocycles. The Balaban J connectivity index is 1.61. The number of aliphatic hydroxyl groups is 1. The highest BCUT2D eigenvalue weighted by Gasteiger charge is 2.43. The van der Waals surface area contributed by atoms with E-state index < -0.39 is 18.7 Å². The molecule has 3 atom stereocenters. The summed E-state index contributed by atoms with van der Waals surface area (Å²) in [5.74, 6) is -0.425. The number of ketones is 1. The van der Waals surface area contributed by atoms with Crippen molar-refractivity contribution in [3.8, 4) is 0 Å². The van der Waals surface area contributed by atoms with Crippen LogP contribution in [0.2, 0.25) is 0 Å². The van der Waals surface area contributed by atoms with Gasteiger partial charge in [0.2, 0.25) is 11.8 Å². The molecule has 0 unspecified atom stereocenters. The van der Waals surface area contributed by atoms with Gasteiger partial charge in [-0.05, 0) is 51.0 Å². The van der Waals surface area contributed by atoms with Gasteiger partial charge >= 0.3 is 0 Å². The van der Waals surface area contributed by atoms with Crippen LogP contribution in [0.15, 0.2) is 30.3 Å². The lowest BCUT2D eigenvalue weighted by atomic mass is 10.1. The van der Waals surface area contributed by atoms with E-state index in [9.17, 15) is 19.5 Å². The van der Waals surface area contributed by atoms with E-state index in [-0.39, 0.29) is 23.6 Å². The van der Waals surface area contributed by atoms with Gasteiger partial charge in [0.05, 0.1) is 6.04 Å². The summed E-state index contributed by atoms with van der Waals surface area (Å²) in [7, 11) is 0. The van der Waals surface area contributed by atoms with Crippen LogP contribution in [0.25, 0.3) is 0 Å².